The standard InChI is InChI=1S/C36H51NO11/c1-19-6-11-26-31(3,40)35(43)25(17-37(26)16-19)33(42)18-34-24(32(33,41)15-27(35)38)10-9-23-30(34,2)13-12-28(36(23,44)48-34)47-29(39)20-7-8-21(45-4)22(14-20)46-5/h7-8,14,19,23-28,38,40-44H,6,9-13,15-18H2,1-5H3/t19-,23-,24-,25-,26-,27-,28-,30-,31+,32+,33+,34+,35-,36+/m0/s1. The molecule has 48 heavy (non-hydrogen) atoms. The zero-order valence-electron chi connectivity index (χ0n) is 28.5. The maximum Gasteiger partial charge on any atom is 0.338 e. The first-order chi connectivity index (χ1) is 22.5. The van der Waals surface area contributed by atoms with E-state index in [1.165, 1.54) is 20.3 Å². The van der Waals surface area contributed by atoms with Crippen molar-refractivity contribution in [3.05, 3.63) is 23.8 Å². The Morgan fingerprint density at radius 2 is 1.60 bits per heavy atom. The van der Waals surface area contributed by atoms with Crippen molar-refractivity contribution in [3.8, 4) is 11.5 Å². The topological polar surface area (TPSA) is 179 Å². The minimum Gasteiger partial charge on any atom is -0.493 e. The second-order valence-electron chi connectivity index (χ2n) is 16.8. The first-order valence-electron chi connectivity index (χ1n) is 17.6. The van der Waals surface area contributed by atoms with Crippen LogP contribution in [0.1, 0.15) is 82.5 Å². The van der Waals surface area contributed by atoms with E-state index in [0.717, 1.165) is 6.42 Å². The van der Waals surface area contributed by atoms with Crippen LogP contribution in [0.15, 0.2) is 18.2 Å². The number of benzene rings is 1. The molecule has 0 unspecified atom stereocenters. The van der Waals surface area contributed by atoms with Crippen molar-refractivity contribution in [2.24, 2.45) is 29.1 Å². The van der Waals surface area contributed by atoms with Gasteiger partial charge in [0.2, 0.25) is 5.79 Å². The van der Waals surface area contributed by atoms with Crippen molar-refractivity contribution in [3.63, 3.8) is 0 Å². The quantitative estimate of drug-likeness (QED) is 0.253. The highest BCUT2D eigenvalue weighted by molar-refractivity contribution is 5.90. The molecule has 14 atom stereocenters. The van der Waals surface area contributed by atoms with Gasteiger partial charge in [0.1, 0.15) is 22.4 Å². The van der Waals surface area contributed by atoms with Crippen LogP contribution in [-0.4, -0.2) is 121 Å². The summed E-state index contributed by atoms with van der Waals surface area (Å²) in [6.45, 7) is 6.57. The van der Waals surface area contributed by atoms with Gasteiger partial charge in [-0.3, -0.25) is 4.90 Å². The molecule has 3 heterocycles. The molecule has 0 radical (unpaired) electrons. The largest absolute Gasteiger partial charge is 0.493 e. The Balaban J connectivity index is 1.16. The number of aliphatic hydroxyl groups excluding tert-OH is 1. The first kappa shape index (κ1) is 33.1. The van der Waals surface area contributed by atoms with Gasteiger partial charge in [0.05, 0.1) is 31.5 Å². The molecule has 4 bridgehead atoms. The van der Waals surface area contributed by atoms with Gasteiger partial charge in [-0.1, -0.05) is 13.8 Å². The summed E-state index contributed by atoms with van der Waals surface area (Å²) in [5.41, 5.74) is -9.44. The summed E-state index contributed by atoms with van der Waals surface area (Å²) < 4.78 is 23.5. The van der Waals surface area contributed by atoms with Crippen LogP contribution in [0.25, 0.3) is 0 Å². The van der Waals surface area contributed by atoms with Gasteiger partial charge in [-0.15, -0.1) is 0 Å². The van der Waals surface area contributed by atoms with E-state index in [0.29, 0.717) is 56.1 Å². The Hall–Kier alpha value is -2.03. The van der Waals surface area contributed by atoms with Crippen LogP contribution in [0, 0.1) is 29.1 Å². The van der Waals surface area contributed by atoms with Crippen molar-refractivity contribution < 1.29 is 54.4 Å². The zero-order valence-corrected chi connectivity index (χ0v) is 28.5. The van der Waals surface area contributed by atoms with Gasteiger partial charge in [-0.05, 0) is 69.6 Å². The molecule has 7 aliphatic rings. The van der Waals surface area contributed by atoms with Gasteiger partial charge >= 0.3 is 5.97 Å². The van der Waals surface area contributed by atoms with E-state index < -0.39 is 81.2 Å². The molecule has 0 aromatic heterocycles. The minimum absolute atomic E-state index is 0.101. The van der Waals surface area contributed by atoms with Gasteiger partial charge in [0, 0.05) is 55.1 Å². The van der Waals surface area contributed by atoms with Crippen molar-refractivity contribution in [1.82, 2.24) is 4.90 Å². The number of carbonyl (C=O) groups is 1. The number of esters is 1. The number of methoxy groups -OCH3 is 2. The zero-order chi connectivity index (χ0) is 34.4. The van der Waals surface area contributed by atoms with Crippen LogP contribution in [0.2, 0.25) is 0 Å². The minimum atomic E-state index is -2.10. The number of rotatable bonds is 4. The number of hydrogen-bond acceptors (Lipinski definition) is 12. The normalized spacial score (nSPS) is 53.6. The monoisotopic (exact) mass is 673 g/mol. The fourth-order valence-corrected chi connectivity index (χ4v) is 12.6. The number of hydrogen-bond donors (Lipinski definition) is 6. The van der Waals surface area contributed by atoms with Gasteiger partial charge in [0.15, 0.2) is 17.6 Å². The molecule has 1 aromatic rings. The van der Waals surface area contributed by atoms with Gasteiger partial charge in [-0.2, -0.15) is 0 Å². The van der Waals surface area contributed by atoms with Gasteiger partial charge in [-0.25, -0.2) is 4.79 Å². The third kappa shape index (κ3) is 3.66. The lowest BCUT2D eigenvalue weighted by atomic mass is 9.49. The van der Waals surface area contributed by atoms with Gasteiger partial charge in [0.25, 0.3) is 0 Å². The van der Waals surface area contributed by atoms with Crippen LogP contribution in [0.4, 0.5) is 0 Å². The maximum atomic E-state index is 13.5. The summed E-state index contributed by atoms with van der Waals surface area (Å²) in [5.74, 6) is -3.63. The fourth-order valence-electron chi connectivity index (χ4n) is 12.6. The second-order valence-corrected chi connectivity index (χ2v) is 16.8. The molecule has 1 spiro atoms. The van der Waals surface area contributed by atoms with E-state index in [-0.39, 0.29) is 24.9 Å². The van der Waals surface area contributed by atoms with Crippen molar-refractivity contribution in [2.45, 2.75) is 124 Å². The molecule has 12 nitrogen and oxygen atoms in total. The molecule has 6 N–H and O–H groups in total. The number of carbonyl (C=O) groups excluding carboxylic acids is 1. The summed E-state index contributed by atoms with van der Waals surface area (Å²) in [5, 5.41) is 74.7. The fraction of sp³-hybridized carbons (Fsp3) is 0.806. The van der Waals surface area contributed by atoms with E-state index in [1.807, 2.05) is 6.92 Å². The Morgan fingerprint density at radius 1 is 0.896 bits per heavy atom. The molecule has 4 saturated carbocycles. The molecular weight excluding hydrogens is 622 g/mol. The van der Waals surface area contributed by atoms with Crippen LogP contribution < -0.4 is 9.47 Å². The maximum absolute atomic E-state index is 13.5. The summed E-state index contributed by atoms with van der Waals surface area (Å²) in [7, 11) is 2.97. The Morgan fingerprint density at radius 3 is 2.31 bits per heavy atom. The predicted molar refractivity (Wildman–Crippen MR) is 169 cm³/mol. The lowest BCUT2D eigenvalue weighted by Crippen LogP contribution is -2.85. The van der Waals surface area contributed by atoms with E-state index in [4.69, 9.17) is 18.9 Å². The van der Waals surface area contributed by atoms with E-state index in [2.05, 4.69) is 11.8 Å². The van der Waals surface area contributed by atoms with E-state index >= 15 is 0 Å². The Labute approximate surface area is 280 Å². The van der Waals surface area contributed by atoms with Crippen LogP contribution >= 0.6 is 0 Å². The summed E-state index contributed by atoms with van der Waals surface area (Å²) >= 11 is 0. The third-order valence-electron chi connectivity index (χ3n) is 14.9. The average Bonchev–Trinajstić information content (AvgIpc) is 3.21. The highest BCUT2D eigenvalue weighted by Gasteiger charge is 2.88. The highest BCUT2D eigenvalue weighted by Crippen LogP contribution is 2.78. The molecule has 3 saturated heterocycles. The molecule has 4 aliphatic carbocycles. The number of nitrogens with zero attached hydrogens (tertiary/aromatic N) is 1. The first-order valence-corrected chi connectivity index (χ1v) is 17.6. The van der Waals surface area contributed by atoms with Crippen LogP contribution in [-0.2, 0) is 9.47 Å². The molecule has 3 aliphatic heterocycles. The molecule has 12 heteroatoms. The molecule has 266 valence electrons. The van der Waals surface area contributed by atoms with Gasteiger partial charge < -0.3 is 49.6 Å². The Bertz CT molecular complexity index is 1520. The number of fused-ring (bicyclic) bond motifs is 5. The lowest BCUT2D eigenvalue weighted by Gasteiger charge is -2.68. The predicted octanol–water partition coefficient (Wildman–Crippen LogP) is 1.36. The summed E-state index contributed by atoms with van der Waals surface area (Å²) in [6, 6.07) is 4.28. The lowest BCUT2D eigenvalue weighted by molar-refractivity contribution is -0.354. The van der Waals surface area contributed by atoms with Crippen LogP contribution in [0.3, 0.4) is 0 Å². The molecular formula is C36H51NO11. The average molecular weight is 674 g/mol. The smallest absolute Gasteiger partial charge is 0.338 e. The molecule has 1 aromatic carbocycles. The molecule has 8 rings (SSSR count). The van der Waals surface area contributed by atoms with E-state index in [9.17, 15) is 35.4 Å². The number of ether oxygens (including phenoxy) is 4. The van der Waals surface area contributed by atoms with Crippen molar-refractivity contribution in [2.75, 3.05) is 27.3 Å². The molecule has 0 amide bonds. The summed E-state index contributed by atoms with van der Waals surface area (Å²) in [4.78, 5) is 15.6. The Kier molecular flexibility index (Phi) is 6.94. The third-order valence-corrected chi connectivity index (χ3v) is 14.9. The number of piperidine rings is 2. The highest BCUT2D eigenvalue weighted by atomic mass is 16.7. The summed E-state index contributed by atoms with van der Waals surface area (Å²) in [6.07, 6.45) is 0.172. The second kappa shape index (κ2) is 10.1. The molecule has 7 fully saturated rings. The number of aliphatic hydroxyl groups is 6. The SMILES string of the molecule is COc1ccc(C(=O)O[C@H]2CC[C@@]3(C)[C@@H]4CC[C@H]5[C@]6(O)C[C@H](O)[C@@]7(O)[C@@H](CN8C[C@@H](C)CC[C@H]8[C@@]7(C)O)[C@]6(O)C[C@@]53O[C@@]24O)cc1OC. The van der Waals surface area contributed by atoms with E-state index in [1.54, 1.807) is 19.1 Å². The van der Waals surface area contributed by atoms with Crippen LogP contribution in [0.5, 0.6) is 11.5 Å². The van der Waals surface area contributed by atoms with Crippen molar-refractivity contribution >= 4 is 5.97 Å². The van der Waals surface area contributed by atoms with Crippen molar-refractivity contribution in [1.29, 1.82) is 0 Å².